The van der Waals surface area contributed by atoms with Gasteiger partial charge in [0.1, 0.15) is 23.6 Å². The van der Waals surface area contributed by atoms with Crippen LogP contribution in [0.4, 0.5) is 10.1 Å². The third kappa shape index (κ3) is 3.86. The molecule has 0 saturated heterocycles. The molecule has 3 rings (SSSR count). The van der Waals surface area contributed by atoms with Crippen LogP contribution in [0.3, 0.4) is 0 Å². The first kappa shape index (κ1) is 19.8. The Morgan fingerprint density at radius 3 is 2.74 bits per heavy atom. The first-order valence-electron chi connectivity index (χ1n) is 8.19. The fourth-order valence-electron chi connectivity index (χ4n) is 3.12. The van der Waals surface area contributed by atoms with Gasteiger partial charge in [-0.25, -0.2) is 12.8 Å². The van der Waals surface area contributed by atoms with Crippen molar-refractivity contribution in [3.8, 4) is 0 Å². The van der Waals surface area contributed by atoms with E-state index in [1.54, 1.807) is 7.05 Å². The number of anilines is 1. The van der Waals surface area contributed by atoms with E-state index >= 15 is 0 Å². The maximum absolute atomic E-state index is 13.3. The maximum atomic E-state index is 13.3. The second kappa shape index (κ2) is 7.23. The highest BCUT2D eigenvalue weighted by atomic mass is 35.5. The Kier molecular flexibility index (Phi) is 5.31. The van der Waals surface area contributed by atoms with Gasteiger partial charge in [-0.15, -0.1) is 0 Å². The van der Waals surface area contributed by atoms with Crippen LogP contribution in [0.5, 0.6) is 0 Å². The summed E-state index contributed by atoms with van der Waals surface area (Å²) in [5.41, 5.74) is 0.885. The molecule has 2 N–H and O–H groups in total. The Morgan fingerprint density at radius 2 is 2.11 bits per heavy atom. The molecule has 0 radical (unpaired) electrons. The van der Waals surface area contributed by atoms with Crippen molar-refractivity contribution in [2.24, 2.45) is 7.05 Å². The van der Waals surface area contributed by atoms with Crippen molar-refractivity contribution in [3.63, 3.8) is 0 Å². The van der Waals surface area contributed by atoms with Gasteiger partial charge < -0.3 is 15.0 Å². The third-order valence-corrected chi connectivity index (χ3v) is 6.47. The lowest BCUT2D eigenvalue weighted by Crippen LogP contribution is -2.37. The summed E-state index contributed by atoms with van der Waals surface area (Å²) in [4.78, 5) is 14.3. The van der Waals surface area contributed by atoms with Gasteiger partial charge in [-0.05, 0) is 31.5 Å². The lowest BCUT2D eigenvalue weighted by molar-refractivity contribution is 0.0335. The summed E-state index contributed by atoms with van der Waals surface area (Å²) in [6.45, 7) is 1.79. The quantitative estimate of drug-likeness (QED) is 0.800. The number of nitrogens with one attached hydrogen (secondary N) is 1. The van der Waals surface area contributed by atoms with Crippen LogP contribution in [0.15, 0.2) is 29.3 Å². The van der Waals surface area contributed by atoms with E-state index < -0.39 is 27.8 Å². The topological polar surface area (TPSA) is 91.6 Å². The first-order valence-corrected chi connectivity index (χ1v) is 10.2. The molecule has 1 amide bonds. The highest BCUT2D eigenvalue weighted by Crippen LogP contribution is 2.29. The average Bonchev–Trinajstić information content (AvgIpc) is 2.85. The minimum absolute atomic E-state index is 0.0791. The number of amides is 1. The molecule has 1 aliphatic rings. The van der Waals surface area contributed by atoms with E-state index in [2.05, 4.69) is 5.32 Å². The van der Waals surface area contributed by atoms with E-state index in [1.807, 2.05) is 0 Å². The van der Waals surface area contributed by atoms with Gasteiger partial charge in [-0.2, -0.15) is 0 Å². The van der Waals surface area contributed by atoms with Crippen molar-refractivity contribution >= 4 is 33.0 Å². The van der Waals surface area contributed by atoms with E-state index in [1.165, 1.54) is 34.7 Å². The minimum Gasteiger partial charge on any atom is -0.379 e. The maximum Gasteiger partial charge on any atom is 0.272 e. The van der Waals surface area contributed by atoms with E-state index in [4.69, 9.17) is 11.6 Å². The highest BCUT2D eigenvalue weighted by molar-refractivity contribution is 7.91. The van der Waals surface area contributed by atoms with Crippen LogP contribution in [0.25, 0.3) is 0 Å². The number of hydrogen-bond donors (Lipinski definition) is 2. The van der Waals surface area contributed by atoms with Crippen LogP contribution < -0.4 is 5.32 Å². The van der Waals surface area contributed by atoms with Crippen molar-refractivity contribution in [2.75, 3.05) is 17.7 Å². The molecular weight excluding hydrogens is 397 g/mol. The van der Waals surface area contributed by atoms with Crippen molar-refractivity contribution < 1.29 is 22.7 Å². The number of sulfone groups is 1. The van der Waals surface area contributed by atoms with Crippen LogP contribution in [-0.2, 0) is 23.3 Å². The summed E-state index contributed by atoms with van der Waals surface area (Å²) in [6.07, 6.45) is 0.770. The summed E-state index contributed by atoms with van der Waals surface area (Å²) in [5, 5.41) is 12.2. The molecule has 7 nitrogen and oxygen atoms in total. The predicted molar refractivity (Wildman–Crippen MR) is 98.9 cm³/mol. The number of aromatic nitrogens is 1. The second-order valence-corrected chi connectivity index (χ2v) is 8.79. The zero-order chi connectivity index (χ0) is 19.9. The number of benzene rings is 1. The lowest BCUT2D eigenvalue weighted by atomic mass is 10.1. The summed E-state index contributed by atoms with van der Waals surface area (Å²) in [6, 6.07) is 3.78. The van der Waals surface area contributed by atoms with Crippen LogP contribution >= 0.6 is 11.6 Å². The van der Waals surface area contributed by atoms with Gasteiger partial charge in [0, 0.05) is 31.0 Å². The molecule has 0 spiro atoms. The number of halogens is 2. The van der Waals surface area contributed by atoms with Gasteiger partial charge in [-0.1, -0.05) is 11.6 Å². The molecule has 0 aliphatic carbocycles. The van der Waals surface area contributed by atoms with Crippen LogP contribution in [0, 0.1) is 5.82 Å². The van der Waals surface area contributed by atoms with Crippen molar-refractivity contribution in [1.82, 2.24) is 9.47 Å². The molecule has 1 aliphatic heterocycles. The average molecular weight is 416 g/mol. The van der Waals surface area contributed by atoms with Crippen molar-refractivity contribution in [2.45, 2.75) is 24.5 Å². The van der Waals surface area contributed by atoms with Gasteiger partial charge in [0.05, 0.1) is 9.92 Å². The van der Waals surface area contributed by atoms with Gasteiger partial charge in [0.2, 0.25) is 0 Å². The lowest BCUT2D eigenvalue weighted by Gasteiger charge is -2.22. The molecule has 1 atom stereocenters. The monoisotopic (exact) mass is 415 g/mol. The number of hydrogen-bond acceptors (Lipinski definition) is 5. The summed E-state index contributed by atoms with van der Waals surface area (Å²) in [7, 11) is -2.11. The zero-order valence-electron chi connectivity index (χ0n) is 14.7. The normalized spacial score (nSPS) is 17.8. The van der Waals surface area contributed by atoms with Crippen LogP contribution in [0.1, 0.15) is 23.0 Å². The van der Waals surface area contributed by atoms with Crippen molar-refractivity contribution in [1.29, 1.82) is 0 Å². The molecule has 2 heterocycles. The number of carbonyl (C=O) groups excluding carboxylic acids is 1. The van der Waals surface area contributed by atoms with Gasteiger partial charge in [0.25, 0.3) is 5.91 Å². The molecule has 0 unspecified atom stereocenters. The van der Waals surface area contributed by atoms with E-state index in [-0.39, 0.29) is 34.5 Å². The van der Waals surface area contributed by atoms with Crippen LogP contribution in [-0.4, -0.2) is 47.5 Å². The molecule has 0 bridgehead atoms. The summed E-state index contributed by atoms with van der Waals surface area (Å²) < 4.78 is 40.1. The molecule has 2 aromatic rings. The number of nitrogens with zero attached hydrogens (tertiary/aromatic N) is 2. The van der Waals surface area contributed by atoms with Gasteiger partial charge in [0.15, 0.2) is 9.84 Å². The van der Waals surface area contributed by atoms with E-state index in [0.717, 1.165) is 6.07 Å². The molecule has 1 aromatic heterocycles. The van der Waals surface area contributed by atoms with Gasteiger partial charge in [-0.3, -0.25) is 9.69 Å². The molecule has 27 heavy (non-hydrogen) atoms. The largest absolute Gasteiger partial charge is 0.379 e. The Balaban J connectivity index is 1.97. The standard InChI is InChI=1S/C17H19ClFN3O4S/c1-10(23)22-6-5-12-15(27(25,26)9-22)8-21(2)16(12)17(24)20-11-3-4-14(19)13(18)7-11/h3-4,7-8,10,23H,5-6,9H2,1-2H3,(H,20,24)/t10-/m0/s1. The van der Waals surface area contributed by atoms with E-state index in [9.17, 15) is 22.7 Å². The highest BCUT2D eigenvalue weighted by Gasteiger charge is 2.33. The number of carbonyl (C=O) groups is 1. The number of aliphatic hydroxyl groups excluding tert-OH is 1. The van der Waals surface area contributed by atoms with Crippen LogP contribution in [0.2, 0.25) is 5.02 Å². The fourth-order valence-corrected chi connectivity index (χ4v) is 5.12. The third-order valence-electron chi connectivity index (χ3n) is 4.49. The molecule has 0 fully saturated rings. The predicted octanol–water partition coefficient (Wildman–Crippen LogP) is 2.00. The Morgan fingerprint density at radius 1 is 1.41 bits per heavy atom. The number of aryl methyl sites for hydroxylation is 1. The molecule has 0 saturated carbocycles. The SMILES string of the molecule is C[C@H](O)N1CCc2c(cn(C)c2C(=O)Nc2ccc(F)c(Cl)c2)S(=O)(=O)C1. The minimum atomic E-state index is -3.70. The summed E-state index contributed by atoms with van der Waals surface area (Å²) >= 11 is 5.73. The Labute approximate surface area is 161 Å². The Hall–Kier alpha value is -1.94. The smallest absolute Gasteiger partial charge is 0.272 e. The van der Waals surface area contributed by atoms with Gasteiger partial charge >= 0.3 is 0 Å². The second-order valence-electron chi connectivity index (χ2n) is 6.45. The van der Waals surface area contributed by atoms with E-state index in [0.29, 0.717) is 11.3 Å². The first-order chi connectivity index (χ1) is 12.6. The summed E-state index contributed by atoms with van der Waals surface area (Å²) in [5.74, 6) is -1.45. The molecule has 146 valence electrons. The molecular formula is C17H19ClFN3O4S. The van der Waals surface area contributed by atoms with Crippen molar-refractivity contribution in [3.05, 3.63) is 46.5 Å². The molecule has 10 heteroatoms. The number of rotatable bonds is 3. The zero-order valence-corrected chi connectivity index (χ0v) is 16.3. The number of fused-ring (bicyclic) bond motifs is 1. The number of aliphatic hydroxyl groups is 1. The Bertz CT molecular complexity index is 1000. The fraction of sp³-hybridized carbons (Fsp3) is 0.353. The molecule has 1 aromatic carbocycles.